The molecule has 1 aromatic carbocycles. The van der Waals surface area contributed by atoms with Gasteiger partial charge in [0.15, 0.2) is 0 Å². The number of piperazine rings is 1. The minimum atomic E-state index is -3.37. The summed E-state index contributed by atoms with van der Waals surface area (Å²) in [6.45, 7) is 12.3. The van der Waals surface area contributed by atoms with E-state index in [0.29, 0.717) is 23.4 Å². The number of sulfonamides is 1. The zero-order valence-corrected chi connectivity index (χ0v) is 17.0. The number of rotatable bonds is 4. The first-order valence-corrected chi connectivity index (χ1v) is 10.2. The molecule has 0 aromatic heterocycles. The van der Waals surface area contributed by atoms with Crippen molar-refractivity contribution in [2.24, 2.45) is 5.41 Å². The van der Waals surface area contributed by atoms with Gasteiger partial charge in [-0.2, -0.15) is 4.31 Å². The van der Waals surface area contributed by atoms with Gasteiger partial charge in [-0.15, -0.1) is 12.4 Å². The molecule has 0 radical (unpaired) electrons. The fourth-order valence-corrected chi connectivity index (χ4v) is 5.20. The standard InChI is InChI=1S/C18H29N3O2S.ClH/c1-15-4-5-17(12-16(15)2)24(22,23)21-10-8-20(9-11-21)14-18(3)6-7-19-13-18;/h4-5,12,19H,6-11,13-14H2,1-3H3;1H. The Balaban J connectivity index is 0.00000225. The van der Waals surface area contributed by atoms with Crippen LogP contribution in [0.25, 0.3) is 0 Å². The maximum Gasteiger partial charge on any atom is 0.243 e. The van der Waals surface area contributed by atoms with Gasteiger partial charge in [-0.05, 0) is 55.5 Å². The maximum absolute atomic E-state index is 12.9. The Morgan fingerprint density at radius 3 is 2.36 bits per heavy atom. The second kappa shape index (κ2) is 7.92. The monoisotopic (exact) mass is 387 g/mol. The number of benzene rings is 1. The summed E-state index contributed by atoms with van der Waals surface area (Å²) in [6.07, 6.45) is 1.20. The van der Waals surface area contributed by atoms with E-state index in [1.165, 1.54) is 6.42 Å². The highest BCUT2D eigenvalue weighted by Gasteiger charge is 2.34. The minimum Gasteiger partial charge on any atom is -0.316 e. The first-order valence-electron chi connectivity index (χ1n) is 8.81. The third-order valence-electron chi connectivity index (χ3n) is 5.51. The molecule has 1 aromatic rings. The van der Waals surface area contributed by atoms with Gasteiger partial charge in [0.25, 0.3) is 0 Å². The van der Waals surface area contributed by atoms with Crippen LogP contribution in [0.3, 0.4) is 0 Å². The van der Waals surface area contributed by atoms with Crippen LogP contribution in [0.5, 0.6) is 0 Å². The van der Waals surface area contributed by atoms with Crippen LogP contribution in [-0.2, 0) is 10.0 Å². The summed E-state index contributed by atoms with van der Waals surface area (Å²) in [5, 5.41) is 3.43. The van der Waals surface area contributed by atoms with Crippen LogP contribution in [0.2, 0.25) is 0 Å². The third-order valence-corrected chi connectivity index (χ3v) is 7.40. The van der Waals surface area contributed by atoms with Gasteiger partial charge >= 0.3 is 0 Å². The summed E-state index contributed by atoms with van der Waals surface area (Å²) >= 11 is 0. The predicted molar refractivity (Wildman–Crippen MR) is 104 cm³/mol. The van der Waals surface area contributed by atoms with E-state index in [-0.39, 0.29) is 12.4 Å². The molecule has 2 fully saturated rings. The van der Waals surface area contributed by atoms with E-state index in [4.69, 9.17) is 0 Å². The molecule has 7 heteroatoms. The van der Waals surface area contributed by atoms with Crippen molar-refractivity contribution in [1.29, 1.82) is 0 Å². The molecule has 3 rings (SSSR count). The molecular weight excluding hydrogens is 358 g/mol. The van der Waals surface area contributed by atoms with Gasteiger partial charge in [0.1, 0.15) is 0 Å². The summed E-state index contributed by atoms with van der Waals surface area (Å²) in [7, 11) is -3.37. The quantitative estimate of drug-likeness (QED) is 0.858. The highest BCUT2D eigenvalue weighted by molar-refractivity contribution is 7.89. The number of hydrogen-bond acceptors (Lipinski definition) is 4. The van der Waals surface area contributed by atoms with Gasteiger partial charge in [0, 0.05) is 39.3 Å². The van der Waals surface area contributed by atoms with Crippen molar-refractivity contribution in [2.45, 2.75) is 32.1 Å². The Morgan fingerprint density at radius 1 is 1.12 bits per heavy atom. The molecule has 0 amide bonds. The molecule has 0 spiro atoms. The molecule has 2 aliphatic rings. The summed E-state index contributed by atoms with van der Waals surface area (Å²) in [5.74, 6) is 0. The summed E-state index contributed by atoms with van der Waals surface area (Å²) in [5.41, 5.74) is 2.48. The lowest BCUT2D eigenvalue weighted by molar-refractivity contribution is 0.132. The van der Waals surface area contributed by atoms with Crippen molar-refractivity contribution in [3.05, 3.63) is 29.3 Å². The molecule has 0 bridgehead atoms. The van der Waals surface area contributed by atoms with Crippen molar-refractivity contribution in [3.63, 3.8) is 0 Å². The van der Waals surface area contributed by atoms with Gasteiger partial charge < -0.3 is 10.2 Å². The SMILES string of the molecule is Cc1ccc(S(=O)(=O)N2CCN(CC3(C)CCNC3)CC2)cc1C.Cl. The Morgan fingerprint density at radius 2 is 1.80 bits per heavy atom. The van der Waals surface area contributed by atoms with Crippen molar-refractivity contribution in [1.82, 2.24) is 14.5 Å². The van der Waals surface area contributed by atoms with E-state index >= 15 is 0 Å². The smallest absolute Gasteiger partial charge is 0.243 e. The topological polar surface area (TPSA) is 52.7 Å². The Kier molecular flexibility index (Phi) is 6.55. The summed E-state index contributed by atoms with van der Waals surface area (Å²) in [6, 6.07) is 5.42. The molecular formula is C18H30ClN3O2S. The molecule has 0 saturated carbocycles. The van der Waals surface area contributed by atoms with E-state index in [1.807, 2.05) is 19.9 Å². The van der Waals surface area contributed by atoms with Crippen molar-refractivity contribution in [3.8, 4) is 0 Å². The molecule has 2 heterocycles. The van der Waals surface area contributed by atoms with Crippen LogP contribution < -0.4 is 5.32 Å². The van der Waals surface area contributed by atoms with Gasteiger partial charge in [-0.1, -0.05) is 13.0 Å². The van der Waals surface area contributed by atoms with Gasteiger partial charge in [-0.25, -0.2) is 8.42 Å². The number of hydrogen-bond donors (Lipinski definition) is 1. The second-order valence-electron chi connectivity index (χ2n) is 7.66. The first-order chi connectivity index (χ1) is 11.3. The van der Waals surface area contributed by atoms with E-state index < -0.39 is 10.0 Å². The van der Waals surface area contributed by atoms with Crippen LogP contribution in [0.15, 0.2) is 23.1 Å². The minimum absolute atomic E-state index is 0. The van der Waals surface area contributed by atoms with Crippen LogP contribution in [-0.4, -0.2) is 63.4 Å². The molecule has 2 aliphatic heterocycles. The molecule has 0 aliphatic carbocycles. The van der Waals surface area contributed by atoms with Crippen LogP contribution in [0.1, 0.15) is 24.5 Å². The van der Waals surface area contributed by atoms with E-state index in [2.05, 4.69) is 17.1 Å². The second-order valence-corrected chi connectivity index (χ2v) is 9.60. The lowest BCUT2D eigenvalue weighted by Gasteiger charge is -2.38. The highest BCUT2D eigenvalue weighted by atomic mass is 35.5. The zero-order valence-electron chi connectivity index (χ0n) is 15.4. The fraction of sp³-hybridized carbons (Fsp3) is 0.667. The van der Waals surface area contributed by atoms with Crippen LogP contribution in [0.4, 0.5) is 0 Å². The Bertz CT molecular complexity index is 694. The molecule has 1 unspecified atom stereocenters. The van der Waals surface area contributed by atoms with Crippen LogP contribution >= 0.6 is 12.4 Å². The fourth-order valence-electron chi connectivity index (χ4n) is 3.69. The first kappa shape index (κ1) is 20.6. The van der Waals surface area contributed by atoms with Crippen LogP contribution in [0, 0.1) is 19.3 Å². The van der Waals surface area contributed by atoms with E-state index in [1.54, 1.807) is 16.4 Å². The lowest BCUT2D eigenvalue weighted by atomic mass is 9.89. The average Bonchev–Trinajstić information content (AvgIpc) is 2.96. The lowest BCUT2D eigenvalue weighted by Crippen LogP contribution is -2.51. The molecule has 1 atom stereocenters. The maximum atomic E-state index is 12.9. The molecule has 5 nitrogen and oxygen atoms in total. The largest absolute Gasteiger partial charge is 0.316 e. The number of halogens is 1. The van der Waals surface area contributed by atoms with Gasteiger partial charge in [0.05, 0.1) is 4.90 Å². The number of nitrogens with zero attached hydrogens (tertiary/aromatic N) is 2. The predicted octanol–water partition coefficient (Wildman–Crippen LogP) is 2.03. The average molecular weight is 388 g/mol. The highest BCUT2D eigenvalue weighted by Crippen LogP contribution is 2.27. The molecule has 1 N–H and O–H groups in total. The Labute approximate surface area is 158 Å². The normalized spacial score (nSPS) is 25.7. The van der Waals surface area contributed by atoms with Crippen molar-refractivity contribution >= 4 is 22.4 Å². The van der Waals surface area contributed by atoms with E-state index in [0.717, 1.165) is 43.9 Å². The number of aryl methyl sites for hydroxylation is 2. The Hall–Kier alpha value is -0.660. The zero-order chi connectivity index (χ0) is 17.4. The molecule has 25 heavy (non-hydrogen) atoms. The third kappa shape index (κ3) is 4.55. The molecule has 142 valence electrons. The summed E-state index contributed by atoms with van der Waals surface area (Å²) < 4.78 is 27.4. The molecule has 2 saturated heterocycles. The van der Waals surface area contributed by atoms with Gasteiger partial charge in [-0.3, -0.25) is 0 Å². The number of nitrogens with one attached hydrogen (secondary N) is 1. The summed E-state index contributed by atoms with van der Waals surface area (Å²) in [4.78, 5) is 2.84. The van der Waals surface area contributed by atoms with Crippen molar-refractivity contribution < 1.29 is 8.42 Å². The van der Waals surface area contributed by atoms with E-state index in [9.17, 15) is 8.42 Å². The van der Waals surface area contributed by atoms with Crippen molar-refractivity contribution in [2.75, 3.05) is 45.8 Å². The van der Waals surface area contributed by atoms with Gasteiger partial charge in [0.2, 0.25) is 10.0 Å².